The molecule has 0 radical (unpaired) electrons. The molecule has 0 spiro atoms. The number of hydrogen-bond acceptors (Lipinski definition) is 4. The summed E-state index contributed by atoms with van der Waals surface area (Å²) in [4.78, 5) is 11.2. The van der Waals surface area contributed by atoms with Crippen molar-refractivity contribution in [3.63, 3.8) is 0 Å². The van der Waals surface area contributed by atoms with Crippen molar-refractivity contribution in [1.29, 1.82) is 5.26 Å². The molecular weight excluding hydrogens is 347 g/mol. The summed E-state index contributed by atoms with van der Waals surface area (Å²) in [6.07, 6.45) is -4.47. The zero-order valence-electron chi connectivity index (χ0n) is 13.3. The number of aliphatic carboxylic acids is 1. The number of nitriles is 1. The number of alkyl halides is 3. The van der Waals surface area contributed by atoms with Gasteiger partial charge in [0.1, 0.15) is 11.9 Å². The van der Waals surface area contributed by atoms with E-state index >= 15 is 0 Å². The van der Waals surface area contributed by atoms with E-state index in [0.717, 1.165) is 29.8 Å². The second-order valence-electron chi connectivity index (χ2n) is 5.21. The standard InChI is InChI=1S/C18H14F3N3O2/c19-18(20,21)13-6-8-14(9-7-13)24-16(15(10-22)17(25)26)23-11-12-4-2-1-3-5-12/h1-9,23-24H,11H2,(H,25,26). The number of benzene rings is 2. The zero-order chi connectivity index (χ0) is 19.2. The number of halogens is 3. The van der Waals surface area contributed by atoms with Crippen LogP contribution in [0.1, 0.15) is 11.1 Å². The van der Waals surface area contributed by atoms with Gasteiger partial charge in [0.25, 0.3) is 0 Å². The lowest BCUT2D eigenvalue weighted by atomic mass is 10.2. The van der Waals surface area contributed by atoms with Crippen LogP contribution < -0.4 is 10.6 Å². The molecule has 26 heavy (non-hydrogen) atoms. The molecule has 0 bridgehead atoms. The van der Waals surface area contributed by atoms with E-state index in [0.29, 0.717) is 0 Å². The summed E-state index contributed by atoms with van der Waals surface area (Å²) in [5, 5.41) is 23.7. The maximum atomic E-state index is 12.6. The molecule has 0 aliphatic heterocycles. The van der Waals surface area contributed by atoms with Gasteiger partial charge in [0.05, 0.1) is 5.56 Å². The van der Waals surface area contributed by atoms with Crippen LogP contribution in [0.4, 0.5) is 18.9 Å². The number of hydrogen-bond donors (Lipinski definition) is 3. The predicted molar refractivity (Wildman–Crippen MR) is 88.6 cm³/mol. The number of nitrogens with zero attached hydrogens (tertiary/aromatic N) is 1. The fourth-order valence-corrected chi connectivity index (χ4v) is 2.08. The first-order valence-corrected chi connectivity index (χ1v) is 7.41. The summed E-state index contributed by atoms with van der Waals surface area (Å²) in [7, 11) is 0. The topological polar surface area (TPSA) is 85.2 Å². The van der Waals surface area contributed by atoms with Crippen molar-refractivity contribution in [3.8, 4) is 6.07 Å². The SMILES string of the molecule is N#CC(C(=O)O)=C(NCc1ccccc1)Nc1ccc(C(F)(F)F)cc1. The van der Waals surface area contributed by atoms with Gasteiger partial charge < -0.3 is 15.7 Å². The maximum Gasteiger partial charge on any atom is 0.416 e. The van der Waals surface area contributed by atoms with Crippen LogP contribution in [0.5, 0.6) is 0 Å². The van der Waals surface area contributed by atoms with Crippen molar-refractivity contribution < 1.29 is 23.1 Å². The largest absolute Gasteiger partial charge is 0.477 e. The van der Waals surface area contributed by atoms with E-state index in [1.165, 1.54) is 0 Å². The average molecular weight is 361 g/mol. The van der Waals surface area contributed by atoms with Gasteiger partial charge in [0.15, 0.2) is 5.57 Å². The van der Waals surface area contributed by atoms with Gasteiger partial charge in [0, 0.05) is 12.2 Å². The fourth-order valence-electron chi connectivity index (χ4n) is 2.08. The van der Waals surface area contributed by atoms with E-state index in [1.807, 2.05) is 6.07 Å². The third-order valence-electron chi connectivity index (χ3n) is 3.37. The molecule has 0 aromatic heterocycles. The smallest absolute Gasteiger partial charge is 0.416 e. The summed E-state index contributed by atoms with van der Waals surface area (Å²) in [5.41, 5.74) is -0.366. The van der Waals surface area contributed by atoms with E-state index in [9.17, 15) is 18.0 Å². The van der Waals surface area contributed by atoms with Crippen molar-refractivity contribution >= 4 is 11.7 Å². The highest BCUT2D eigenvalue weighted by Gasteiger charge is 2.30. The van der Waals surface area contributed by atoms with Crippen molar-refractivity contribution in [1.82, 2.24) is 5.32 Å². The molecule has 0 heterocycles. The van der Waals surface area contributed by atoms with Gasteiger partial charge in [-0.1, -0.05) is 30.3 Å². The Kier molecular flexibility index (Phi) is 5.86. The van der Waals surface area contributed by atoms with Gasteiger partial charge >= 0.3 is 12.1 Å². The quantitative estimate of drug-likeness (QED) is 0.539. The highest BCUT2D eigenvalue weighted by molar-refractivity contribution is 5.92. The molecule has 0 aliphatic carbocycles. The lowest BCUT2D eigenvalue weighted by Gasteiger charge is -2.15. The molecule has 0 amide bonds. The maximum absolute atomic E-state index is 12.6. The monoisotopic (exact) mass is 361 g/mol. The first kappa shape index (κ1) is 18.9. The Morgan fingerprint density at radius 3 is 2.19 bits per heavy atom. The molecule has 2 aromatic carbocycles. The van der Waals surface area contributed by atoms with Gasteiger partial charge in [-0.05, 0) is 29.8 Å². The lowest BCUT2D eigenvalue weighted by Crippen LogP contribution is -2.23. The molecule has 2 aromatic rings. The highest BCUT2D eigenvalue weighted by Crippen LogP contribution is 2.30. The number of carboxylic acid groups (broad SMARTS) is 1. The minimum Gasteiger partial charge on any atom is -0.477 e. The zero-order valence-corrected chi connectivity index (χ0v) is 13.3. The summed E-state index contributed by atoms with van der Waals surface area (Å²) in [6, 6.07) is 14.6. The van der Waals surface area contributed by atoms with Crippen LogP contribution in [0.3, 0.4) is 0 Å². The third-order valence-corrected chi connectivity index (χ3v) is 3.37. The molecule has 3 N–H and O–H groups in total. The first-order chi connectivity index (χ1) is 12.3. The molecule has 134 valence electrons. The molecule has 8 heteroatoms. The molecule has 2 rings (SSSR count). The summed E-state index contributed by atoms with van der Waals surface area (Å²) >= 11 is 0. The van der Waals surface area contributed by atoms with Crippen LogP contribution in [0.2, 0.25) is 0 Å². The number of rotatable bonds is 6. The molecule has 0 saturated heterocycles. The minimum absolute atomic E-state index is 0.108. The number of carboxylic acids is 1. The third kappa shape index (κ3) is 5.01. The van der Waals surface area contributed by atoms with Crippen LogP contribution in [0.15, 0.2) is 66.0 Å². The Morgan fingerprint density at radius 2 is 1.69 bits per heavy atom. The van der Waals surface area contributed by atoms with Crippen LogP contribution >= 0.6 is 0 Å². The van der Waals surface area contributed by atoms with Gasteiger partial charge in [0.2, 0.25) is 0 Å². The van der Waals surface area contributed by atoms with Crippen LogP contribution in [-0.4, -0.2) is 11.1 Å². The fraction of sp³-hybridized carbons (Fsp3) is 0.111. The molecular formula is C18H14F3N3O2. The lowest BCUT2D eigenvalue weighted by molar-refractivity contribution is -0.137. The highest BCUT2D eigenvalue weighted by atomic mass is 19.4. The Labute approximate surface area is 147 Å². The van der Waals surface area contributed by atoms with Gasteiger partial charge in [-0.25, -0.2) is 4.79 Å². The van der Waals surface area contributed by atoms with Crippen molar-refractivity contribution in [2.75, 3.05) is 5.32 Å². The normalized spacial score (nSPS) is 11.9. The van der Waals surface area contributed by atoms with Crippen LogP contribution in [-0.2, 0) is 17.5 Å². The molecule has 0 saturated carbocycles. The second-order valence-corrected chi connectivity index (χ2v) is 5.21. The summed E-state index contributed by atoms with van der Waals surface area (Å²) in [5.74, 6) is -1.56. The predicted octanol–water partition coefficient (Wildman–Crippen LogP) is 3.73. The van der Waals surface area contributed by atoms with Crippen molar-refractivity contribution in [2.45, 2.75) is 12.7 Å². The minimum atomic E-state index is -4.47. The van der Waals surface area contributed by atoms with Gasteiger partial charge in [-0.3, -0.25) is 0 Å². The van der Waals surface area contributed by atoms with E-state index in [1.54, 1.807) is 30.3 Å². The second kappa shape index (κ2) is 8.07. The Hall–Kier alpha value is -3.47. The Morgan fingerprint density at radius 1 is 1.08 bits per heavy atom. The summed E-state index contributed by atoms with van der Waals surface area (Å²) in [6.45, 7) is 0.224. The summed E-state index contributed by atoms with van der Waals surface area (Å²) < 4.78 is 37.8. The van der Waals surface area contributed by atoms with Gasteiger partial charge in [-0.2, -0.15) is 18.4 Å². The molecule has 0 unspecified atom stereocenters. The van der Waals surface area contributed by atoms with E-state index in [4.69, 9.17) is 10.4 Å². The molecule has 0 fully saturated rings. The van der Waals surface area contributed by atoms with Crippen LogP contribution in [0.25, 0.3) is 0 Å². The van der Waals surface area contributed by atoms with Crippen molar-refractivity contribution in [3.05, 3.63) is 77.1 Å². The van der Waals surface area contributed by atoms with Gasteiger partial charge in [-0.15, -0.1) is 0 Å². The Balaban J connectivity index is 2.24. The molecule has 0 aliphatic rings. The Bertz CT molecular complexity index is 839. The van der Waals surface area contributed by atoms with Crippen LogP contribution in [0, 0.1) is 11.3 Å². The number of carbonyl (C=O) groups is 1. The molecule has 5 nitrogen and oxygen atoms in total. The molecule has 0 atom stereocenters. The average Bonchev–Trinajstić information content (AvgIpc) is 2.60. The first-order valence-electron chi connectivity index (χ1n) is 7.41. The van der Waals surface area contributed by atoms with E-state index in [2.05, 4.69) is 10.6 Å². The number of anilines is 1. The van der Waals surface area contributed by atoms with E-state index in [-0.39, 0.29) is 18.1 Å². The number of nitrogens with one attached hydrogen (secondary N) is 2. The van der Waals surface area contributed by atoms with Crippen molar-refractivity contribution in [2.24, 2.45) is 0 Å². The van der Waals surface area contributed by atoms with E-state index < -0.39 is 23.3 Å².